The molecule has 0 atom stereocenters. The molecule has 2 N–H and O–H groups in total. The fourth-order valence-electron chi connectivity index (χ4n) is 3.55. The van der Waals surface area contributed by atoms with Gasteiger partial charge in [-0.2, -0.15) is 0 Å². The third-order valence-corrected chi connectivity index (χ3v) is 5.32. The predicted molar refractivity (Wildman–Crippen MR) is 110 cm³/mol. The largest absolute Gasteiger partial charge is 0.377 e. The Bertz CT molecular complexity index is 918. The summed E-state index contributed by atoms with van der Waals surface area (Å²) in [6.07, 6.45) is 4.46. The molecule has 1 aliphatic carbocycles. The number of nitro benzene ring substituents is 1. The van der Waals surface area contributed by atoms with Crippen molar-refractivity contribution in [3.63, 3.8) is 0 Å². The Balaban J connectivity index is 1.51. The van der Waals surface area contributed by atoms with Crippen LogP contribution in [0.1, 0.15) is 41.6 Å². The molecular weight excluding hydrogens is 356 g/mol. The van der Waals surface area contributed by atoms with E-state index in [1.165, 1.54) is 24.6 Å². The van der Waals surface area contributed by atoms with E-state index in [4.69, 9.17) is 0 Å². The third-order valence-electron chi connectivity index (χ3n) is 5.32. The quantitative estimate of drug-likeness (QED) is 0.575. The average molecular weight is 380 g/mol. The highest BCUT2D eigenvalue weighted by Crippen LogP contribution is 2.32. The molecule has 7 nitrogen and oxygen atoms in total. The number of carbonyl (C=O) groups is 1. The summed E-state index contributed by atoms with van der Waals surface area (Å²) < 4.78 is 0. The smallest absolute Gasteiger partial charge is 0.293 e. The normalized spacial score (nSPS) is 16.1. The molecule has 1 heterocycles. The van der Waals surface area contributed by atoms with E-state index in [0.29, 0.717) is 11.7 Å². The molecule has 0 unspecified atom stereocenters. The summed E-state index contributed by atoms with van der Waals surface area (Å²) in [5, 5.41) is 17.4. The van der Waals surface area contributed by atoms with Crippen LogP contribution < -0.4 is 15.5 Å². The SMILES string of the molecule is Cc1cc(N2CCCC2)ccc1NC(=O)c1ccc(NC2CC2)c([N+](=O)[O-])c1. The number of nitrogens with one attached hydrogen (secondary N) is 2. The number of carbonyl (C=O) groups excluding carboxylic acids is 1. The first kappa shape index (κ1) is 18.3. The lowest BCUT2D eigenvalue weighted by molar-refractivity contribution is -0.384. The standard InChI is InChI=1S/C21H24N4O3/c1-14-12-17(24-10-2-3-11-24)7-9-18(14)23-21(26)15-4-8-19(22-16-5-6-16)20(13-15)25(27)28/h4,7-9,12-13,16,22H,2-3,5-6,10-11H2,1H3,(H,23,26). The lowest BCUT2D eigenvalue weighted by Crippen LogP contribution is -2.18. The van der Waals surface area contributed by atoms with Gasteiger partial charge in [0.1, 0.15) is 5.69 Å². The second kappa shape index (κ2) is 7.50. The number of aryl methyl sites for hydroxylation is 1. The van der Waals surface area contributed by atoms with E-state index < -0.39 is 4.92 Å². The predicted octanol–water partition coefficient (Wildman–Crippen LogP) is 4.33. The van der Waals surface area contributed by atoms with Gasteiger partial charge in [0.15, 0.2) is 0 Å². The molecule has 2 fully saturated rings. The Morgan fingerprint density at radius 2 is 1.82 bits per heavy atom. The minimum atomic E-state index is -0.447. The third kappa shape index (κ3) is 3.93. The maximum atomic E-state index is 12.7. The molecule has 1 amide bonds. The summed E-state index contributed by atoms with van der Waals surface area (Å²) in [6.45, 7) is 4.09. The van der Waals surface area contributed by atoms with Crippen LogP contribution in [0, 0.1) is 17.0 Å². The number of anilines is 3. The summed E-state index contributed by atoms with van der Waals surface area (Å²) in [4.78, 5) is 26.0. The fraction of sp³-hybridized carbons (Fsp3) is 0.381. The molecule has 28 heavy (non-hydrogen) atoms. The van der Waals surface area contributed by atoms with Gasteiger partial charge >= 0.3 is 0 Å². The van der Waals surface area contributed by atoms with Crippen molar-refractivity contribution in [3.8, 4) is 0 Å². The van der Waals surface area contributed by atoms with Crippen LogP contribution in [0.25, 0.3) is 0 Å². The summed E-state index contributed by atoms with van der Waals surface area (Å²) in [5.74, 6) is -0.349. The molecule has 0 bridgehead atoms. The van der Waals surface area contributed by atoms with Crippen molar-refractivity contribution in [1.29, 1.82) is 0 Å². The van der Waals surface area contributed by atoms with Crippen LogP contribution in [0.3, 0.4) is 0 Å². The maximum Gasteiger partial charge on any atom is 0.293 e. The van der Waals surface area contributed by atoms with Crippen molar-refractivity contribution in [1.82, 2.24) is 0 Å². The number of hydrogen-bond donors (Lipinski definition) is 2. The van der Waals surface area contributed by atoms with Crippen molar-refractivity contribution in [2.75, 3.05) is 28.6 Å². The molecule has 2 aromatic rings. The molecule has 1 saturated heterocycles. The van der Waals surface area contributed by atoms with E-state index >= 15 is 0 Å². The van der Waals surface area contributed by atoms with Crippen LogP contribution in [-0.2, 0) is 0 Å². The number of hydrogen-bond acceptors (Lipinski definition) is 5. The molecule has 4 rings (SSSR count). The highest BCUT2D eigenvalue weighted by atomic mass is 16.6. The van der Waals surface area contributed by atoms with Gasteiger partial charge in [-0.3, -0.25) is 14.9 Å². The van der Waals surface area contributed by atoms with Gasteiger partial charge in [0.05, 0.1) is 4.92 Å². The Kier molecular flexibility index (Phi) is 4.90. The first-order chi connectivity index (χ1) is 13.5. The van der Waals surface area contributed by atoms with Gasteiger partial charge in [-0.1, -0.05) is 0 Å². The van der Waals surface area contributed by atoms with Gasteiger partial charge < -0.3 is 15.5 Å². The molecule has 7 heteroatoms. The van der Waals surface area contributed by atoms with Crippen LogP contribution in [0.15, 0.2) is 36.4 Å². The number of nitrogens with zero attached hydrogens (tertiary/aromatic N) is 2. The van der Waals surface area contributed by atoms with Crippen molar-refractivity contribution in [2.24, 2.45) is 0 Å². The van der Waals surface area contributed by atoms with Crippen LogP contribution >= 0.6 is 0 Å². The minimum absolute atomic E-state index is 0.0688. The first-order valence-corrected chi connectivity index (χ1v) is 9.73. The summed E-state index contributed by atoms with van der Waals surface area (Å²) in [6, 6.07) is 10.9. The summed E-state index contributed by atoms with van der Waals surface area (Å²) in [7, 11) is 0. The van der Waals surface area contributed by atoms with Crippen LogP contribution in [0.4, 0.5) is 22.7 Å². The molecular formula is C21H24N4O3. The molecule has 146 valence electrons. The lowest BCUT2D eigenvalue weighted by atomic mass is 10.1. The molecule has 0 spiro atoms. The highest BCUT2D eigenvalue weighted by Gasteiger charge is 2.25. The average Bonchev–Trinajstić information content (AvgIpc) is 3.32. The van der Waals surface area contributed by atoms with E-state index in [0.717, 1.165) is 37.2 Å². The van der Waals surface area contributed by atoms with Crippen molar-refractivity contribution < 1.29 is 9.72 Å². The second-order valence-electron chi connectivity index (χ2n) is 7.56. The van der Waals surface area contributed by atoms with Gasteiger partial charge in [0, 0.05) is 42.1 Å². The zero-order chi connectivity index (χ0) is 19.7. The zero-order valence-corrected chi connectivity index (χ0v) is 15.9. The maximum absolute atomic E-state index is 12.7. The van der Waals surface area contributed by atoms with Crippen molar-refractivity contribution in [3.05, 3.63) is 57.6 Å². The fourth-order valence-corrected chi connectivity index (χ4v) is 3.55. The van der Waals surface area contributed by atoms with Gasteiger partial charge in [-0.25, -0.2) is 0 Å². The number of amides is 1. The van der Waals surface area contributed by atoms with Gasteiger partial charge in [-0.15, -0.1) is 0 Å². The first-order valence-electron chi connectivity index (χ1n) is 9.73. The molecule has 1 saturated carbocycles. The summed E-state index contributed by atoms with van der Waals surface area (Å²) >= 11 is 0. The molecule has 1 aliphatic heterocycles. The van der Waals surface area contributed by atoms with E-state index in [-0.39, 0.29) is 17.2 Å². The van der Waals surface area contributed by atoms with Gasteiger partial charge in [-0.05, 0) is 68.5 Å². The van der Waals surface area contributed by atoms with E-state index in [1.54, 1.807) is 12.1 Å². The number of nitro groups is 1. The van der Waals surface area contributed by atoms with Crippen molar-refractivity contribution in [2.45, 2.75) is 38.6 Å². The molecule has 2 aromatic carbocycles. The molecule has 0 radical (unpaired) electrons. The van der Waals surface area contributed by atoms with Crippen LogP contribution in [0.2, 0.25) is 0 Å². The Labute approximate surface area is 163 Å². The van der Waals surface area contributed by atoms with E-state index in [1.807, 2.05) is 19.1 Å². The van der Waals surface area contributed by atoms with Crippen molar-refractivity contribution >= 4 is 28.7 Å². The van der Waals surface area contributed by atoms with Gasteiger partial charge in [0.2, 0.25) is 0 Å². The number of benzene rings is 2. The molecule has 2 aliphatic rings. The van der Waals surface area contributed by atoms with Crippen LogP contribution in [0.5, 0.6) is 0 Å². The second-order valence-corrected chi connectivity index (χ2v) is 7.56. The Hall–Kier alpha value is -3.09. The summed E-state index contributed by atoms with van der Waals surface area (Å²) in [5.41, 5.74) is 3.53. The number of rotatable bonds is 6. The topological polar surface area (TPSA) is 87.5 Å². The molecule has 0 aromatic heterocycles. The van der Waals surface area contributed by atoms with Crippen LogP contribution in [-0.4, -0.2) is 30.0 Å². The zero-order valence-electron chi connectivity index (χ0n) is 15.9. The van der Waals surface area contributed by atoms with E-state index in [9.17, 15) is 14.9 Å². The van der Waals surface area contributed by atoms with E-state index in [2.05, 4.69) is 21.6 Å². The van der Waals surface area contributed by atoms with Gasteiger partial charge in [0.25, 0.3) is 11.6 Å². The Morgan fingerprint density at radius 1 is 1.11 bits per heavy atom. The minimum Gasteiger partial charge on any atom is -0.377 e. The lowest BCUT2D eigenvalue weighted by Gasteiger charge is -2.19. The Morgan fingerprint density at radius 3 is 2.46 bits per heavy atom. The monoisotopic (exact) mass is 380 g/mol. The highest BCUT2D eigenvalue weighted by molar-refractivity contribution is 6.05.